The van der Waals surface area contributed by atoms with Gasteiger partial charge in [0.2, 0.25) is 11.8 Å². The van der Waals surface area contributed by atoms with Crippen molar-refractivity contribution in [2.24, 2.45) is 5.92 Å². The first-order valence-electron chi connectivity index (χ1n) is 10.3. The Morgan fingerprint density at radius 2 is 2.07 bits per heavy atom. The summed E-state index contributed by atoms with van der Waals surface area (Å²) in [5, 5.41) is 6.77. The number of carbonyl (C=O) groups is 2. The molecule has 1 N–H and O–H groups in total. The highest BCUT2D eigenvalue weighted by Gasteiger charge is 2.23. The predicted molar refractivity (Wildman–Crippen MR) is 106 cm³/mol. The fourth-order valence-electron chi connectivity index (χ4n) is 3.70. The van der Waals surface area contributed by atoms with Crippen LogP contribution in [0.4, 0.5) is 8.78 Å². The van der Waals surface area contributed by atoms with E-state index in [9.17, 15) is 18.4 Å². The highest BCUT2D eigenvalue weighted by molar-refractivity contribution is 5.76. The smallest absolute Gasteiger partial charge is 0.222 e. The molecule has 1 aliphatic heterocycles. The predicted octanol–water partition coefficient (Wildman–Crippen LogP) is 2.67. The summed E-state index contributed by atoms with van der Waals surface area (Å²) in [5.74, 6) is -1.51. The third kappa shape index (κ3) is 6.60. The molecule has 9 heteroatoms. The van der Waals surface area contributed by atoms with Gasteiger partial charge in [-0.2, -0.15) is 5.10 Å². The minimum Gasteiger partial charge on any atom is -0.352 e. The molecular weight excluding hydrogens is 392 g/mol. The molecule has 0 unspecified atom stereocenters. The fourth-order valence-corrected chi connectivity index (χ4v) is 3.70. The zero-order chi connectivity index (χ0) is 21.3. The normalized spacial score (nSPS) is 16.5. The third-order valence-corrected chi connectivity index (χ3v) is 5.37. The van der Waals surface area contributed by atoms with Gasteiger partial charge in [-0.1, -0.05) is 6.07 Å². The number of hydrogen-bond donors (Lipinski definition) is 1. The van der Waals surface area contributed by atoms with Crippen LogP contribution in [0.5, 0.6) is 0 Å². The lowest BCUT2D eigenvalue weighted by Gasteiger charge is -2.33. The van der Waals surface area contributed by atoms with E-state index in [0.29, 0.717) is 43.8 Å². The lowest BCUT2D eigenvalue weighted by Crippen LogP contribution is -2.40. The van der Waals surface area contributed by atoms with Crippen LogP contribution in [-0.2, 0) is 22.7 Å². The van der Waals surface area contributed by atoms with Crippen molar-refractivity contribution in [3.05, 3.63) is 48.1 Å². The SMILES string of the molecule is O=C(CC[C@H]1CCCN(C(=O)CCCn2cncn2)C1)NCc1ccc(F)c(F)c1. The van der Waals surface area contributed by atoms with E-state index in [1.54, 1.807) is 11.0 Å². The van der Waals surface area contributed by atoms with Crippen molar-refractivity contribution in [2.45, 2.75) is 51.6 Å². The van der Waals surface area contributed by atoms with Crippen molar-refractivity contribution < 1.29 is 18.4 Å². The molecule has 1 aromatic carbocycles. The molecule has 2 amide bonds. The maximum absolute atomic E-state index is 13.2. The van der Waals surface area contributed by atoms with Crippen molar-refractivity contribution in [2.75, 3.05) is 13.1 Å². The van der Waals surface area contributed by atoms with Gasteiger partial charge in [-0.05, 0) is 49.3 Å². The van der Waals surface area contributed by atoms with Crippen molar-refractivity contribution in [1.29, 1.82) is 0 Å². The minimum absolute atomic E-state index is 0.129. The topological polar surface area (TPSA) is 80.1 Å². The second-order valence-electron chi connectivity index (χ2n) is 7.67. The molecular formula is C21H27F2N5O2. The number of likely N-dealkylation sites (tertiary alicyclic amines) is 1. The minimum atomic E-state index is -0.921. The molecule has 1 atom stereocenters. The van der Waals surface area contributed by atoms with Gasteiger partial charge in [-0.25, -0.2) is 13.8 Å². The quantitative estimate of drug-likeness (QED) is 0.678. The van der Waals surface area contributed by atoms with Crippen LogP contribution in [0.25, 0.3) is 0 Å². The number of hydrogen-bond acceptors (Lipinski definition) is 4. The van der Waals surface area contributed by atoms with Crippen LogP contribution in [0.15, 0.2) is 30.9 Å². The summed E-state index contributed by atoms with van der Waals surface area (Å²) < 4.78 is 27.9. The Balaban J connectivity index is 1.35. The van der Waals surface area contributed by atoms with Crippen LogP contribution < -0.4 is 5.32 Å². The van der Waals surface area contributed by atoms with Crippen molar-refractivity contribution in [1.82, 2.24) is 25.0 Å². The number of carbonyl (C=O) groups excluding carboxylic acids is 2. The number of benzene rings is 1. The number of aromatic nitrogens is 3. The van der Waals surface area contributed by atoms with Gasteiger partial charge in [0.25, 0.3) is 0 Å². The first-order valence-corrected chi connectivity index (χ1v) is 10.3. The number of halogens is 2. The van der Waals surface area contributed by atoms with Gasteiger partial charge in [0, 0.05) is 39.0 Å². The summed E-state index contributed by atoms with van der Waals surface area (Å²) in [6.07, 6.45) is 7.30. The lowest BCUT2D eigenvalue weighted by molar-refractivity contribution is -0.133. The maximum Gasteiger partial charge on any atom is 0.222 e. The first-order chi connectivity index (χ1) is 14.5. The third-order valence-electron chi connectivity index (χ3n) is 5.37. The van der Waals surface area contributed by atoms with E-state index in [1.165, 1.54) is 12.4 Å². The van der Waals surface area contributed by atoms with Crippen molar-refractivity contribution in [3.63, 3.8) is 0 Å². The maximum atomic E-state index is 13.2. The van der Waals surface area contributed by atoms with Crippen LogP contribution in [-0.4, -0.2) is 44.6 Å². The molecule has 1 aliphatic rings. The van der Waals surface area contributed by atoms with Crippen LogP contribution >= 0.6 is 0 Å². The van der Waals surface area contributed by atoms with E-state index in [-0.39, 0.29) is 18.4 Å². The van der Waals surface area contributed by atoms with Gasteiger partial charge in [0.1, 0.15) is 12.7 Å². The molecule has 2 heterocycles. The monoisotopic (exact) mass is 419 g/mol. The zero-order valence-corrected chi connectivity index (χ0v) is 16.9. The first kappa shape index (κ1) is 21.9. The second kappa shape index (κ2) is 10.8. The molecule has 1 aromatic heterocycles. The van der Waals surface area contributed by atoms with Gasteiger partial charge in [-0.3, -0.25) is 14.3 Å². The highest BCUT2D eigenvalue weighted by Crippen LogP contribution is 2.22. The van der Waals surface area contributed by atoms with E-state index < -0.39 is 11.6 Å². The van der Waals surface area contributed by atoms with Gasteiger partial charge < -0.3 is 10.2 Å². The second-order valence-corrected chi connectivity index (χ2v) is 7.67. The van der Waals surface area contributed by atoms with Crippen LogP contribution in [0.1, 0.15) is 44.1 Å². The molecule has 0 saturated carbocycles. The summed E-state index contributed by atoms with van der Waals surface area (Å²) in [6.45, 7) is 2.28. The summed E-state index contributed by atoms with van der Waals surface area (Å²) in [6, 6.07) is 3.59. The molecule has 30 heavy (non-hydrogen) atoms. The van der Waals surface area contributed by atoms with Gasteiger partial charge in [-0.15, -0.1) is 0 Å². The van der Waals surface area contributed by atoms with E-state index in [0.717, 1.165) is 37.9 Å². The summed E-state index contributed by atoms with van der Waals surface area (Å²) in [7, 11) is 0. The van der Waals surface area contributed by atoms with Gasteiger partial charge >= 0.3 is 0 Å². The average molecular weight is 419 g/mol. The Hall–Kier alpha value is -2.84. The number of nitrogens with one attached hydrogen (secondary N) is 1. The Kier molecular flexibility index (Phi) is 7.87. The molecule has 0 bridgehead atoms. The zero-order valence-electron chi connectivity index (χ0n) is 16.9. The molecule has 1 saturated heterocycles. The summed E-state index contributed by atoms with van der Waals surface area (Å²) in [5.41, 5.74) is 0.516. The lowest BCUT2D eigenvalue weighted by atomic mass is 9.93. The molecule has 162 valence electrons. The molecule has 3 rings (SSSR count). The number of nitrogens with zero attached hydrogens (tertiary/aromatic N) is 4. The number of rotatable bonds is 9. The van der Waals surface area contributed by atoms with Crippen LogP contribution in [0, 0.1) is 17.6 Å². The van der Waals surface area contributed by atoms with E-state index in [1.807, 2.05) is 4.90 Å². The Morgan fingerprint density at radius 3 is 2.83 bits per heavy atom. The fraction of sp³-hybridized carbons (Fsp3) is 0.524. The Labute approximate surface area is 174 Å². The molecule has 0 spiro atoms. The van der Waals surface area contributed by atoms with Crippen LogP contribution in [0.2, 0.25) is 0 Å². The van der Waals surface area contributed by atoms with Crippen LogP contribution in [0.3, 0.4) is 0 Å². The summed E-state index contributed by atoms with van der Waals surface area (Å²) in [4.78, 5) is 30.4. The molecule has 0 radical (unpaired) electrons. The summed E-state index contributed by atoms with van der Waals surface area (Å²) >= 11 is 0. The number of piperidine rings is 1. The van der Waals surface area contributed by atoms with Crippen molar-refractivity contribution in [3.8, 4) is 0 Å². The van der Waals surface area contributed by atoms with E-state index in [4.69, 9.17) is 0 Å². The molecule has 1 fully saturated rings. The van der Waals surface area contributed by atoms with Gasteiger partial charge in [0.15, 0.2) is 11.6 Å². The van der Waals surface area contributed by atoms with E-state index >= 15 is 0 Å². The highest BCUT2D eigenvalue weighted by atomic mass is 19.2. The van der Waals surface area contributed by atoms with E-state index in [2.05, 4.69) is 15.4 Å². The average Bonchev–Trinajstić information content (AvgIpc) is 3.27. The van der Waals surface area contributed by atoms with Crippen molar-refractivity contribution >= 4 is 11.8 Å². The number of amides is 2. The number of aryl methyl sites for hydroxylation is 1. The standard InChI is InChI=1S/C21H27F2N5O2/c22-18-7-5-17(11-19(18)23)12-25-20(29)8-6-16-3-1-9-27(13-16)21(30)4-2-10-28-15-24-14-26-28/h5,7,11,14-16H,1-4,6,8-10,12-13H2,(H,25,29)/t16-/m1/s1. The molecule has 2 aromatic rings. The molecule has 7 nitrogen and oxygen atoms in total. The largest absolute Gasteiger partial charge is 0.352 e. The molecule has 0 aliphatic carbocycles. The Bertz CT molecular complexity index is 844. The van der Waals surface area contributed by atoms with Gasteiger partial charge in [0.05, 0.1) is 0 Å². The Morgan fingerprint density at radius 1 is 1.20 bits per heavy atom.